The van der Waals surface area contributed by atoms with E-state index in [4.69, 9.17) is 4.74 Å². The maximum Gasteiger partial charge on any atom is 0.260 e. The molecule has 4 rings (SSSR count). The van der Waals surface area contributed by atoms with Crippen LogP contribution in [0.4, 0.5) is 5.82 Å². The van der Waals surface area contributed by atoms with E-state index in [0.717, 1.165) is 41.7 Å². The van der Waals surface area contributed by atoms with E-state index < -0.39 is 0 Å². The first-order valence-corrected chi connectivity index (χ1v) is 9.43. The van der Waals surface area contributed by atoms with Gasteiger partial charge in [-0.15, -0.1) is 10.2 Å². The Morgan fingerprint density at radius 1 is 1.07 bits per heavy atom. The molecule has 1 aliphatic rings. The van der Waals surface area contributed by atoms with Crippen LogP contribution >= 0.6 is 0 Å². The third kappa shape index (κ3) is 3.49. The smallest absolute Gasteiger partial charge is 0.260 e. The van der Waals surface area contributed by atoms with Crippen molar-refractivity contribution in [2.24, 2.45) is 0 Å². The summed E-state index contributed by atoms with van der Waals surface area (Å²) in [6, 6.07) is 9.77. The number of aromatic nitrogens is 4. The molecule has 3 aromatic rings. The molecule has 0 unspecified atom stereocenters. The fourth-order valence-electron chi connectivity index (χ4n) is 3.52. The van der Waals surface area contributed by atoms with Crippen molar-refractivity contribution >= 4 is 17.5 Å². The summed E-state index contributed by atoms with van der Waals surface area (Å²) in [4.78, 5) is 21.2. The second kappa shape index (κ2) is 7.46. The number of fused-ring (bicyclic) bond motifs is 1. The summed E-state index contributed by atoms with van der Waals surface area (Å²) in [5.41, 5.74) is 2.08. The van der Waals surface area contributed by atoms with Crippen molar-refractivity contribution in [1.29, 1.82) is 0 Å². The maximum absolute atomic E-state index is 12.5. The summed E-state index contributed by atoms with van der Waals surface area (Å²) >= 11 is 0. The van der Waals surface area contributed by atoms with Crippen LogP contribution in [0.5, 0.6) is 5.75 Å². The summed E-state index contributed by atoms with van der Waals surface area (Å²) in [5, 5.41) is 8.23. The molecule has 0 saturated carbocycles. The van der Waals surface area contributed by atoms with Crippen LogP contribution < -0.4 is 9.64 Å². The first kappa shape index (κ1) is 18.2. The van der Waals surface area contributed by atoms with Crippen molar-refractivity contribution in [2.45, 2.75) is 20.8 Å². The van der Waals surface area contributed by atoms with Gasteiger partial charge in [-0.25, -0.2) is 0 Å². The normalized spacial score (nSPS) is 14.5. The van der Waals surface area contributed by atoms with Gasteiger partial charge in [0, 0.05) is 37.9 Å². The Morgan fingerprint density at radius 2 is 1.82 bits per heavy atom. The molecule has 0 bridgehead atoms. The lowest BCUT2D eigenvalue weighted by Gasteiger charge is -2.35. The highest BCUT2D eigenvalue weighted by Gasteiger charge is 2.23. The summed E-state index contributed by atoms with van der Waals surface area (Å²) < 4.78 is 7.63. The lowest BCUT2D eigenvalue weighted by molar-refractivity contribution is -0.133. The van der Waals surface area contributed by atoms with Crippen LogP contribution in [-0.4, -0.2) is 63.2 Å². The highest BCUT2D eigenvalue weighted by atomic mass is 16.5. The highest BCUT2D eigenvalue weighted by molar-refractivity contribution is 5.78. The van der Waals surface area contributed by atoms with E-state index in [1.165, 1.54) is 0 Å². The van der Waals surface area contributed by atoms with Crippen molar-refractivity contribution in [2.75, 3.05) is 37.7 Å². The minimum Gasteiger partial charge on any atom is -0.484 e. The summed E-state index contributed by atoms with van der Waals surface area (Å²) in [6.07, 6.45) is 0. The van der Waals surface area contributed by atoms with Crippen LogP contribution in [0.25, 0.3) is 5.78 Å². The van der Waals surface area contributed by atoms with Crippen LogP contribution in [0, 0.1) is 20.8 Å². The van der Waals surface area contributed by atoms with Gasteiger partial charge in [-0.1, -0.05) is 18.2 Å². The molecule has 2 aromatic heterocycles. The topological polar surface area (TPSA) is 75.9 Å². The number of carbonyl (C=O) groups is 1. The number of aryl methyl sites for hydroxylation is 3. The van der Waals surface area contributed by atoms with Gasteiger partial charge in [-0.2, -0.15) is 4.98 Å². The molecule has 28 heavy (non-hydrogen) atoms. The van der Waals surface area contributed by atoms with Gasteiger partial charge in [0.05, 0.1) is 0 Å². The molecular formula is C20H24N6O2. The standard InChI is InChI=1S/C20H24N6O2/c1-14-6-4-5-7-17(14)28-13-19(27)25-10-8-24(9-11-25)18-12-15(2)26-16(3)22-23-20(26)21-18/h4-7,12H,8-11,13H2,1-3H3. The average molecular weight is 380 g/mol. The van der Waals surface area contributed by atoms with Gasteiger partial charge >= 0.3 is 0 Å². The Morgan fingerprint density at radius 3 is 2.57 bits per heavy atom. The average Bonchev–Trinajstić information content (AvgIpc) is 3.08. The number of para-hydroxylation sites is 1. The van der Waals surface area contributed by atoms with Crippen molar-refractivity contribution in [3.05, 3.63) is 47.4 Å². The molecule has 3 heterocycles. The molecular weight excluding hydrogens is 356 g/mol. The minimum absolute atomic E-state index is 0.00979. The van der Waals surface area contributed by atoms with E-state index in [0.29, 0.717) is 18.9 Å². The molecule has 8 heteroatoms. The predicted molar refractivity (Wildman–Crippen MR) is 106 cm³/mol. The molecule has 0 spiro atoms. The Balaban J connectivity index is 1.36. The van der Waals surface area contributed by atoms with E-state index in [-0.39, 0.29) is 12.5 Å². The SMILES string of the molecule is Cc1ccccc1OCC(=O)N1CCN(c2cc(C)n3c(C)nnc3n2)CC1. The number of nitrogens with zero attached hydrogens (tertiary/aromatic N) is 6. The van der Waals surface area contributed by atoms with Crippen LogP contribution in [0.3, 0.4) is 0 Å². The Labute approximate surface area is 163 Å². The van der Waals surface area contributed by atoms with Gasteiger partial charge in [0.25, 0.3) is 11.7 Å². The zero-order valence-electron chi connectivity index (χ0n) is 16.4. The van der Waals surface area contributed by atoms with Crippen molar-refractivity contribution in [1.82, 2.24) is 24.5 Å². The Hall–Kier alpha value is -3.16. The van der Waals surface area contributed by atoms with Crippen molar-refractivity contribution in [3.8, 4) is 5.75 Å². The number of ether oxygens (including phenoxy) is 1. The zero-order valence-corrected chi connectivity index (χ0v) is 16.4. The van der Waals surface area contributed by atoms with E-state index in [9.17, 15) is 4.79 Å². The number of piperazine rings is 1. The summed E-state index contributed by atoms with van der Waals surface area (Å²) in [7, 11) is 0. The van der Waals surface area contributed by atoms with Gasteiger partial charge in [-0.05, 0) is 32.4 Å². The molecule has 1 aliphatic heterocycles. The quantitative estimate of drug-likeness (QED) is 0.687. The van der Waals surface area contributed by atoms with Gasteiger partial charge in [0.15, 0.2) is 6.61 Å². The van der Waals surface area contributed by atoms with Crippen molar-refractivity contribution in [3.63, 3.8) is 0 Å². The highest BCUT2D eigenvalue weighted by Crippen LogP contribution is 2.19. The lowest BCUT2D eigenvalue weighted by Crippen LogP contribution is -2.50. The summed E-state index contributed by atoms with van der Waals surface area (Å²) in [5.74, 6) is 3.08. The van der Waals surface area contributed by atoms with Gasteiger partial charge < -0.3 is 14.5 Å². The van der Waals surface area contributed by atoms with Crippen molar-refractivity contribution < 1.29 is 9.53 Å². The predicted octanol–water partition coefficient (Wildman–Crippen LogP) is 1.78. The van der Waals surface area contributed by atoms with E-state index >= 15 is 0 Å². The molecule has 1 fully saturated rings. The number of amides is 1. The van der Waals surface area contributed by atoms with E-state index in [2.05, 4.69) is 20.1 Å². The largest absolute Gasteiger partial charge is 0.484 e. The second-order valence-corrected chi connectivity index (χ2v) is 7.06. The molecule has 1 amide bonds. The molecule has 0 radical (unpaired) electrons. The number of hydrogen-bond acceptors (Lipinski definition) is 6. The van der Waals surface area contributed by atoms with Crippen LogP contribution in [0.15, 0.2) is 30.3 Å². The van der Waals surface area contributed by atoms with E-state index in [1.807, 2.05) is 60.4 Å². The molecule has 1 saturated heterocycles. The first-order valence-electron chi connectivity index (χ1n) is 9.43. The molecule has 146 valence electrons. The fourth-order valence-corrected chi connectivity index (χ4v) is 3.52. The first-order chi connectivity index (χ1) is 13.5. The third-order valence-corrected chi connectivity index (χ3v) is 5.11. The van der Waals surface area contributed by atoms with Crippen LogP contribution in [-0.2, 0) is 4.79 Å². The molecule has 0 atom stereocenters. The third-order valence-electron chi connectivity index (χ3n) is 5.11. The minimum atomic E-state index is 0.00979. The Bertz CT molecular complexity index is 1010. The lowest BCUT2D eigenvalue weighted by atomic mass is 10.2. The number of carbonyl (C=O) groups excluding carboxylic acids is 1. The molecule has 0 aliphatic carbocycles. The van der Waals surface area contributed by atoms with Gasteiger partial charge in [0.2, 0.25) is 0 Å². The number of hydrogen-bond donors (Lipinski definition) is 0. The molecule has 8 nitrogen and oxygen atoms in total. The number of rotatable bonds is 4. The Kier molecular flexibility index (Phi) is 4.85. The van der Waals surface area contributed by atoms with Gasteiger partial charge in [-0.3, -0.25) is 9.20 Å². The van der Waals surface area contributed by atoms with E-state index in [1.54, 1.807) is 0 Å². The zero-order chi connectivity index (χ0) is 19.7. The summed E-state index contributed by atoms with van der Waals surface area (Å²) in [6.45, 7) is 8.72. The monoisotopic (exact) mass is 380 g/mol. The molecule has 1 aromatic carbocycles. The molecule has 0 N–H and O–H groups in total. The number of benzene rings is 1. The van der Waals surface area contributed by atoms with Gasteiger partial charge in [0.1, 0.15) is 17.4 Å². The maximum atomic E-state index is 12.5. The second-order valence-electron chi connectivity index (χ2n) is 7.06. The number of anilines is 1. The van der Waals surface area contributed by atoms with Crippen LogP contribution in [0.1, 0.15) is 17.1 Å². The fraction of sp³-hybridized carbons (Fsp3) is 0.400. The van der Waals surface area contributed by atoms with Crippen LogP contribution in [0.2, 0.25) is 0 Å².